The molecule has 4 nitrogen and oxygen atoms in total. The van der Waals surface area contributed by atoms with Crippen LogP contribution in [-0.2, 0) is 14.3 Å². The lowest BCUT2D eigenvalue weighted by molar-refractivity contribution is -0.144. The Kier molecular flexibility index (Phi) is 4.20. The molecule has 0 saturated carbocycles. The molecule has 0 aromatic heterocycles. The van der Waals surface area contributed by atoms with Crippen LogP contribution in [0.1, 0.15) is 33.1 Å². The number of aldehydes is 1. The third-order valence-electron chi connectivity index (χ3n) is 4.03. The summed E-state index contributed by atoms with van der Waals surface area (Å²) in [5.74, 6) is -0.898. The van der Waals surface area contributed by atoms with E-state index in [1.165, 1.54) is 0 Å². The number of esters is 1. The Labute approximate surface area is 113 Å². The van der Waals surface area contributed by atoms with Gasteiger partial charge in [-0.3, -0.25) is 9.59 Å². The fourth-order valence-electron chi connectivity index (χ4n) is 2.89. The van der Waals surface area contributed by atoms with Gasteiger partial charge in [0.15, 0.2) is 0 Å². The Hall–Kier alpha value is -1.42. The first-order valence-corrected chi connectivity index (χ1v) is 6.73. The summed E-state index contributed by atoms with van der Waals surface area (Å²) in [5.41, 5.74) is 1.72. The molecule has 2 aliphatic rings. The molecule has 19 heavy (non-hydrogen) atoms. The second kappa shape index (κ2) is 5.70. The van der Waals surface area contributed by atoms with Gasteiger partial charge in [-0.1, -0.05) is 24.6 Å². The minimum atomic E-state index is -0.697. The molecule has 1 saturated heterocycles. The van der Waals surface area contributed by atoms with Crippen molar-refractivity contribution in [2.45, 2.75) is 45.3 Å². The molecule has 0 amide bonds. The second-order valence-electron chi connectivity index (χ2n) is 5.48. The van der Waals surface area contributed by atoms with E-state index in [1.807, 2.05) is 19.1 Å². The number of hydrogen-bond donors (Lipinski definition) is 1. The molecule has 0 aromatic rings. The monoisotopic (exact) mass is 264 g/mol. The van der Waals surface area contributed by atoms with Gasteiger partial charge in [-0.15, -0.1) is 0 Å². The van der Waals surface area contributed by atoms with Gasteiger partial charge in [-0.05, 0) is 25.3 Å². The summed E-state index contributed by atoms with van der Waals surface area (Å²) >= 11 is 0. The lowest BCUT2D eigenvalue weighted by atomic mass is 9.82. The van der Waals surface area contributed by atoms with Crippen molar-refractivity contribution < 1.29 is 19.4 Å². The van der Waals surface area contributed by atoms with Crippen LogP contribution in [0.15, 0.2) is 23.3 Å². The molecule has 2 rings (SSSR count). The van der Waals surface area contributed by atoms with Crippen LogP contribution >= 0.6 is 0 Å². The van der Waals surface area contributed by atoms with Gasteiger partial charge in [0.1, 0.15) is 12.4 Å². The quantitative estimate of drug-likeness (QED) is 0.445. The van der Waals surface area contributed by atoms with Crippen LogP contribution in [0.25, 0.3) is 0 Å². The van der Waals surface area contributed by atoms with Crippen molar-refractivity contribution >= 4 is 12.3 Å². The molecule has 0 spiro atoms. The lowest BCUT2D eigenvalue weighted by Crippen LogP contribution is -2.31. The Balaban J connectivity index is 2.32. The minimum Gasteiger partial charge on any atom is -0.461 e. The average Bonchev–Trinajstić information content (AvgIpc) is 2.63. The lowest BCUT2D eigenvalue weighted by Gasteiger charge is -2.24. The van der Waals surface area contributed by atoms with Crippen molar-refractivity contribution in [2.24, 2.45) is 11.8 Å². The summed E-state index contributed by atoms with van der Waals surface area (Å²) < 4.78 is 5.32. The zero-order valence-corrected chi connectivity index (χ0v) is 11.3. The zero-order chi connectivity index (χ0) is 14.0. The van der Waals surface area contributed by atoms with Crippen LogP contribution < -0.4 is 0 Å². The van der Waals surface area contributed by atoms with Crippen molar-refractivity contribution in [3.8, 4) is 0 Å². The molecule has 1 aliphatic heterocycles. The Bertz CT molecular complexity index is 435. The second-order valence-corrected chi connectivity index (χ2v) is 5.48. The maximum atomic E-state index is 11.7. The van der Waals surface area contributed by atoms with Crippen molar-refractivity contribution in [2.75, 3.05) is 0 Å². The topological polar surface area (TPSA) is 63.6 Å². The van der Waals surface area contributed by atoms with Gasteiger partial charge in [0.2, 0.25) is 0 Å². The van der Waals surface area contributed by atoms with Crippen molar-refractivity contribution in [1.29, 1.82) is 0 Å². The predicted octanol–water partition coefficient (Wildman–Crippen LogP) is 1.78. The fraction of sp³-hybridized carbons (Fsp3) is 0.600. The van der Waals surface area contributed by atoms with Gasteiger partial charge in [0.25, 0.3) is 0 Å². The van der Waals surface area contributed by atoms with Crippen LogP contribution in [0.2, 0.25) is 0 Å². The van der Waals surface area contributed by atoms with Crippen molar-refractivity contribution in [3.63, 3.8) is 0 Å². The highest BCUT2D eigenvalue weighted by Crippen LogP contribution is 2.35. The Morgan fingerprint density at radius 3 is 2.89 bits per heavy atom. The standard InChI is InChI=1S/C15H20O4/c1-9-4-3-5-11(8-16)7-13-14(12(17)6-9)10(2)15(18)19-13/h5-6,8,10,12-14,17H,3-4,7H2,1-2H3/b9-6-,11-5-/t10-,12-,13+,14+/m1/s1. The van der Waals surface area contributed by atoms with E-state index in [1.54, 1.807) is 6.92 Å². The molecule has 0 unspecified atom stereocenters. The fourth-order valence-corrected chi connectivity index (χ4v) is 2.89. The molecule has 0 radical (unpaired) electrons. The number of ether oxygens (including phenoxy) is 1. The summed E-state index contributed by atoms with van der Waals surface area (Å²) in [6.07, 6.45) is 5.41. The first kappa shape index (κ1) is 14.0. The van der Waals surface area contributed by atoms with E-state index in [9.17, 15) is 14.7 Å². The maximum absolute atomic E-state index is 11.7. The summed E-state index contributed by atoms with van der Waals surface area (Å²) in [6, 6.07) is 0. The molecule has 1 heterocycles. The van der Waals surface area contributed by atoms with Gasteiger partial charge in [-0.2, -0.15) is 0 Å². The highest BCUT2D eigenvalue weighted by atomic mass is 16.6. The molecule has 4 heteroatoms. The average molecular weight is 264 g/mol. The normalized spacial score (nSPS) is 41.3. The molecule has 0 aromatic carbocycles. The highest BCUT2D eigenvalue weighted by Gasteiger charge is 2.45. The third kappa shape index (κ3) is 2.95. The molecule has 104 valence electrons. The van der Waals surface area contributed by atoms with Crippen LogP contribution in [0.3, 0.4) is 0 Å². The minimum absolute atomic E-state index is 0.274. The van der Waals surface area contributed by atoms with E-state index >= 15 is 0 Å². The molecule has 4 atom stereocenters. The number of rotatable bonds is 1. The number of hydrogen-bond acceptors (Lipinski definition) is 4. The molecular weight excluding hydrogens is 244 g/mol. The third-order valence-corrected chi connectivity index (χ3v) is 4.03. The van der Waals surface area contributed by atoms with Gasteiger partial charge >= 0.3 is 5.97 Å². The summed E-state index contributed by atoms with van der Waals surface area (Å²) in [7, 11) is 0. The number of aliphatic hydroxyl groups is 1. The van der Waals surface area contributed by atoms with Gasteiger partial charge in [0, 0.05) is 12.3 Å². The predicted molar refractivity (Wildman–Crippen MR) is 70.3 cm³/mol. The van der Waals surface area contributed by atoms with Crippen LogP contribution in [0.4, 0.5) is 0 Å². The Morgan fingerprint density at radius 1 is 1.47 bits per heavy atom. The summed E-state index contributed by atoms with van der Waals surface area (Å²) in [4.78, 5) is 22.7. The Morgan fingerprint density at radius 2 is 2.21 bits per heavy atom. The van der Waals surface area contributed by atoms with E-state index < -0.39 is 12.2 Å². The number of allylic oxidation sites excluding steroid dienone is 2. The van der Waals surface area contributed by atoms with E-state index in [-0.39, 0.29) is 17.8 Å². The first-order chi connectivity index (χ1) is 9.02. The van der Waals surface area contributed by atoms with E-state index in [2.05, 4.69) is 0 Å². The summed E-state index contributed by atoms with van der Waals surface area (Å²) in [6.45, 7) is 3.73. The number of fused-ring (bicyclic) bond motifs is 1. The van der Waals surface area contributed by atoms with Crippen molar-refractivity contribution in [1.82, 2.24) is 0 Å². The van der Waals surface area contributed by atoms with Crippen molar-refractivity contribution in [3.05, 3.63) is 23.3 Å². The van der Waals surface area contributed by atoms with Crippen LogP contribution in [0.5, 0.6) is 0 Å². The first-order valence-electron chi connectivity index (χ1n) is 6.73. The van der Waals surface area contributed by atoms with Gasteiger partial charge < -0.3 is 9.84 Å². The SMILES string of the molecule is C/C1=C/[C@@H](O)[C@H]2[C@H](C/C(C=O)=C/CC1)OC(=O)[C@@H]2C. The molecular formula is C15H20O4. The largest absolute Gasteiger partial charge is 0.461 e. The molecule has 1 N–H and O–H groups in total. The number of carbonyl (C=O) groups is 2. The maximum Gasteiger partial charge on any atom is 0.309 e. The van der Waals surface area contributed by atoms with Gasteiger partial charge in [0.05, 0.1) is 12.0 Å². The van der Waals surface area contributed by atoms with Crippen LogP contribution in [-0.4, -0.2) is 29.6 Å². The van der Waals surface area contributed by atoms with Gasteiger partial charge in [-0.25, -0.2) is 0 Å². The van der Waals surface area contributed by atoms with E-state index in [0.29, 0.717) is 12.0 Å². The molecule has 1 aliphatic carbocycles. The smallest absolute Gasteiger partial charge is 0.309 e. The molecule has 0 bridgehead atoms. The van der Waals surface area contributed by atoms with Crippen LogP contribution in [0, 0.1) is 11.8 Å². The molecule has 1 fully saturated rings. The van der Waals surface area contributed by atoms with E-state index in [0.717, 1.165) is 24.7 Å². The summed E-state index contributed by atoms with van der Waals surface area (Å²) in [5, 5.41) is 10.3. The highest BCUT2D eigenvalue weighted by molar-refractivity contribution is 5.76. The van der Waals surface area contributed by atoms with E-state index in [4.69, 9.17) is 4.74 Å². The number of aliphatic hydroxyl groups excluding tert-OH is 1. The number of carbonyl (C=O) groups excluding carboxylic acids is 2. The zero-order valence-electron chi connectivity index (χ0n) is 11.3.